The first-order valence-electron chi connectivity index (χ1n) is 10.2. The maximum atomic E-state index is 14.3. The lowest BCUT2D eigenvalue weighted by Crippen LogP contribution is -2.56. The van der Waals surface area contributed by atoms with Gasteiger partial charge in [0.1, 0.15) is 11.6 Å². The van der Waals surface area contributed by atoms with Crippen molar-refractivity contribution >= 4 is 11.8 Å². The number of hydrogen-bond donors (Lipinski definition) is 2. The van der Waals surface area contributed by atoms with Crippen LogP contribution in [-0.2, 0) is 16.1 Å². The van der Waals surface area contributed by atoms with Gasteiger partial charge in [-0.2, -0.15) is 0 Å². The Morgan fingerprint density at radius 2 is 2.04 bits per heavy atom. The molecule has 1 atom stereocenters. The molecule has 0 aromatic heterocycles. The van der Waals surface area contributed by atoms with Crippen molar-refractivity contribution in [2.45, 2.75) is 63.6 Å². The molecule has 1 heterocycles. The third-order valence-corrected chi connectivity index (χ3v) is 5.67. The van der Waals surface area contributed by atoms with Crippen molar-refractivity contribution in [1.29, 1.82) is 0 Å². The van der Waals surface area contributed by atoms with Crippen molar-refractivity contribution in [3.8, 4) is 5.75 Å². The summed E-state index contributed by atoms with van der Waals surface area (Å²) in [6.45, 7) is 1.36. The van der Waals surface area contributed by atoms with E-state index in [0.717, 1.165) is 25.7 Å². The smallest absolute Gasteiger partial charge is 0.237 e. The van der Waals surface area contributed by atoms with Gasteiger partial charge < -0.3 is 15.4 Å². The molecule has 154 valence electrons. The van der Waals surface area contributed by atoms with Crippen LogP contribution in [0.5, 0.6) is 5.75 Å². The summed E-state index contributed by atoms with van der Waals surface area (Å²) in [5, 5.41) is 5.93. The van der Waals surface area contributed by atoms with E-state index in [9.17, 15) is 14.0 Å². The molecule has 1 aliphatic carbocycles. The zero-order valence-corrected chi connectivity index (χ0v) is 16.5. The molecule has 1 saturated heterocycles. The lowest BCUT2D eigenvalue weighted by Gasteiger charge is -2.35. The standard InChI is InChI=1S/C21H30FN3O3/c1-28-17-9-8-15(18(22)12-17)14-25-11-10-23-21(27)19(25)13-20(26)24-16-6-4-2-3-5-7-16/h8-9,12,16,19H,2-7,10-11,13-14H2,1H3,(H,23,27)(H,24,26). The zero-order chi connectivity index (χ0) is 19.9. The first-order valence-corrected chi connectivity index (χ1v) is 10.2. The number of halogens is 1. The lowest BCUT2D eigenvalue weighted by atomic mass is 10.0. The van der Waals surface area contributed by atoms with Gasteiger partial charge in [-0.3, -0.25) is 14.5 Å². The highest BCUT2D eigenvalue weighted by Crippen LogP contribution is 2.21. The second-order valence-corrected chi connectivity index (χ2v) is 7.69. The van der Waals surface area contributed by atoms with E-state index in [-0.39, 0.29) is 36.6 Å². The van der Waals surface area contributed by atoms with Gasteiger partial charge in [-0.05, 0) is 18.9 Å². The van der Waals surface area contributed by atoms with E-state index in [2.05, 4.69) is 10.6 Å². The molecule has 1 saturated carbocycles. The molecule has 2 fully saturated rings. The van der Waals surface area contributed by atoms with Crippen LogP contribution in [0.4, 0.5) is 4.39 Å². The van der Waals surface area contributed by atoms with Crippen LogP contribution in [0.25, 0.3) is 0 Å². The second-order valence-electron chi connectivity index (χ2n) is 7.69. The van der Waals surface area contributed by atoms with E-state index in [1.165, 1.54) is 26.0 Å². The predicted octanol–water partition coefficient (Wildman–Crippen LogP) is 2.36. The van der Waals surface area contributed by atoms with Gasteiger partial charge in [-0.1, -0.05) is 31.7 Å². The summed E-state index contributed by atoms with van der Waals surface area (Å²) in [5.41, 5.74) is 0.490. The Kier molecular flexibility index (Phi) is 7.25. The Morgan fingerprint density at radius 3 is 2.71 bits per heavy atom. The van der Waals surface area contributed by atoms with Crippen molar-refractivity contribution < 1.29 is 18.7 Å². The highest BCUT2D eigenvalue weighted by molar-refractivity contribution is 5.88. The molecule has 2 amide bonds. The minimum Gasteiger partial charge on any atom is -0.497 e. The van der Waals surface area contributed by atoms with Gasteiger partial charge >= 0.3 is 0 Å². The van der Waals surface area contributed by atoms with Gasteiger partial charge in [0.15, 0.2) is 0 Å². The topological polar surface area (TPSA) is 70.7 Å². The Labute approximate surface area is 165 Å². The van der Waals surface area contributed by atoms with Gasteiger partial charge in [0.25, 0.3) is 0 Å². The number of ether oxygens (including phenoxy) is 1. The quantitative estimate of drug-likeness (QED) is 0.731. The van der Waals surface area contributed by atoms with E-state index in [4.69, 9.17) is 4.74 Å². The summed E-state index contributed by atoms with van der Waals surface area (Å²) in [4.78, 5) is 26.9. The molecule has 28 heavy (non-hydrogen) atoms. The predicted molar refractivity (Wildman–Crippen MR) is 104 cm³/mol. The molecule has 1 unspecified atom stereocenters. The van der Waals surface area contributed by atoms with Gasteiger partial charge in [-0.25, -0.2) is 4.39 Å². The Bertz CT molecular complexity index is 689. The number of carbonyl (C=O) groups is 2. The van der Waals surface area contributed by atoms with Crippen LogP contribution in [0.1, 0.15) is 50.5 Å². The molecule has 0 bridgehead atoms. The summed E-state index contributed by atoms with van der Waals surface area (Å²) < 4.78 is 19.4. The third-order valence-electron chi connectivity index (χ3n) is 5.67. The van der Waals surface area contributed by atoms with Crippen molar-refractivity contribution in [1.82, 2.24) is 15.5 Å². The van der Waals surface area contributed by atoms with Crippen molar-refractivity contribution in [3.05, 3.63) is 29.6 Å². The molecule has 2 aliphatic rings. The van der Waals surface area contributed by atoms with Crippen LogP contribution in [-0.4, -0.2) is 49.0 Å². The van der Waals surface area contributed by atoms with Gasteiger partial charge in [0.05, 0.1) is 19.6 Å². The fraction of sp³-hybridized carbons (Fsp3) is 0.619. The average Bonchev–Trinajstić information content (AvgIpc) is 2.94. The summed E-state index contributed by atoms with van der Waals surface area (Å²) in [7, 11) is 1.49. The number of piperazine rings is 1. The highest BCUT2D eigenvalue weighted by Gasteiger charge is 2.32. The van der Waals surface area contributed by atoms with Crippen LogP contribution < -0.4 is 15.4 Å². The third kappa shape index (κ3) is 5.44. The minimum absolute atomic E-state index is 0.0973. The molecule has 2 N–H and O–H groups in total. The number of methoxy groups -OCH3 is 1. The average molecular weight is 391 g/mol. The molecule has 0 radical (unpaired) electrons. The van der Waals surface area contributed by atoms with E-state index >= 15 is 0 Å². The van der Waals surface area contributed by atoms with E-state index in [0.29, 0.717) is 24.4 Å². The fourth-order valence-corrected chi connectivity index (χ4v) is 4.06. The number of benzene rings is 1. The van der Waals surface area contributed by atoms with Crippen molar-refractivity contribution in [2.75, 3.05) is 20.2 Å². The number of nitrogens with zero attached hydrogens (tertiary/aromatic N) is 1. The zero-order valence-electron chi connectivity index (χ0n) is 16.5. The Morgan fingerprint density at radius 1 is 1.29 bits per heavy atom. The molecule has 0 spiro atoms. The molecule has 3 rings (SSSR count). The van der Waals surface area contributed by atoms with Crippen LogP contribution >= 0.6 is 0 Å². The summed E-state index contributed by atoms with van der Waals surface area (Å²) in [6.07, 6.45) is 6.82. The SMILES string of the molecule is COc1ccc(CN2CCNC(=O)C2CC(=O)NC2CCCCCC2)c(F)c1. The Hall–Kier alpha value is -2.15. The summed E-state index contributed by atoms with van der Waals surface area (Å²) in [6, 6.07) is 4.34. The molecular formula is C21H30FN3O3. The maximum Gasteiger partial charge on any atom is 0.237 e. The van der Waals surface area contributed by atoms with E-state index in [1.807, 2.05) is 4.90 Å². The van der Waals surface area contributed by atoms with Crippen LogP contribution in [0.2, 0.25) is 0 Å². The first kappa shape index (κ1) is 20.6. The number of nitrogens with one attached hydrogen (secondary N) is 2. The van der Waals surface area contributed by atoms with Crippen molar-refractivity contribution in [2.24, 2.45) is 0 Å². The monoisotopic (exact) mass is 391 g/mol. The summed E-state index contributed by atoms with van der Waals surface area (Å²) >= 11 is 0. The largest absolute Gasteiger partial charge is 0.497 e. The molecular weight excluding hydrogens is 361 g/mol. The van der Waals surface area contributed by atoms with Gasteiger partial charge in [0, 0.05) is 37.3 Å². The van der Waals surface area contributed by atoms with Crippen LogP contribution in [0.3, 0.4) is 0 Å². The first-order chi connectivity index (χ1) is 13.6. The lowest BCUT2D eigenvalue weighted by molar-refractivity contribution is -0.134. The number of amides is 2. The highest BCUT2D eigenvalue weighted by atomic mass is 19.1. The second kappa shape index (κ2) is 9.87. The maximum absolute atomic E-state index is 14.3. The number of rotatable bonds is 6. The number of hydrogen-bond acceptors (Lipinski definition) is 4. The van der Waals surface area contributed by atoms with Crippen molar-refractivity contribution in [3.63, 3.8) is 0 Å². The molecule has 1 aromatic carbocycles. The Balaban J connectivity index is 1.63. The van der Waals surface area contributed by atoms with Gasteiger partial charge in [0.2, 0.25) is 11.8 Å². The van der Waals surface area contributed by atoms with E-state index in [1.54, 1.807) is 12.1 Å². The van der Waals surface area contributed by atoms with Crippen LogP contribution in [0, 0.1) is 5.82 Å². The molecule has 1 aliphatic heterocycles. The van der Waals surface area contributed by atoms with Gasteiger partial charge in [-0.15, -0.1) is 0 Å². The fourth-order valence-electron chi connectivity index (χ4n) is 4.06. The summed E-state index contributed by atoms with van der Waals surface area (Å²) in [5.74, 6) is -0.186. The van der Waals surface area contributed by atoms with E-state index < -0.39 is 6.04 Å². The normalized spacial score (nSPS) is 21.6. The molecule has 7 heteroatoms. The minimum atomic E-state index is -0.582. The number of carbonyl (C=O) groups excluding carboxylic acids is 2. The molecule has 6 nitrogen and oxygen atoms in total. The molecule has 1 aromatic rings. The van der Waals surface area contributed by atoms with Crippen LogP contribution in [0.15, 0.2) is 18.2 Å².